The minimum absolute atomic E-state index is 0.0751. The minimum atomic E-state index is -4.00. The lowest BCUT2D eigenvalue weighted by Gasteiger charge is -2.27. The van der Waals surface area contributed by atoms with Crippen LogP contribution in [0.4, 0.5) is 0 Å². The molecule has 162 valence electrons. The van der Waals surface area contributed by atoms with Gasteiger partial charge in [-0.05, 0) is 49.8 Å². The van der Waals surface area contributed by atoms with Crippen LogP contribution in [0.2, 0.25) is 0 Å². The summed E-state index contributed by atoms with van der Waals surface area (Å²) in [5.41, 5.74) is 2.08. The predicted octanol–water partition coefficient (Wildman–Crippen LogP) is 4.13. The van der Waals surface area contributed by atoms with Crippen LogP contribution in [0, 0.1) is 5.41 Å². The molecule has 0 bridgehead atoms. The van der Waals surface area contributed by atoms with Gasteiger partial charge in [-0.15, -0.1) is 12.3 Å². The lowest BCUT2D eigenvalue weighted by molar-refractivity contribution is -0.168. The first-order chi connectivity index (χ1) is 14.3. The van der Waals surface area contributed by atoms with Gasteiger partial charge >= 0.3 is 11.9 Å². The second kappa shape index (κ2) is 10.4. The van der Waals surface area contributed by atoms with Crippen LogP contribution in [-0.4, -0.2) is 34.6 Å². The van der Waals surface area contributed by atoms with Crippen LogP contribution in [0.15, 0.2) is 64.1 Å². The molecule has 1 aliphatic rings. The number of allylic oxidation sites excluding steroid dienone is 2. The van der Waals surface area contributed by atoms with Gasteiger partial charge in [-0.25, -0.2) is 8.42 Å². The van der Waals surface area contributed by atoms with Gasteiger partial charge in [-0.1, -0.05) is 30.7 Å². The lowest BCUT2D eigenvalue weighted by atomic mass is 9.80. The number of methoxy groups -OCH3 is 2. The molecule has 0 amide bonds. The molecule has 0 N–H and O–H groups in total. The monoisotopic (exact) mass is 432 g/mol. The number of carbonyl (C=O) groups excluding carboxylic acids is 2. The number of esters is 2. The van der Waals surface area contributed by atoms with Gasteiger partial charge in [-0.3, -0.25) is 9.59 Å². The van der Waals surface area contributed by atoms with E-state index in [1.807, 2.05) is 0 Å². The highest BCUT2D eigenvalue weighted by molar-refractivity contribution is 7.95. The molecule has 1 fully saturated rings. The van der Waals surface area contributed by atoms with Crippen LogP contribution in [0.5, 0.6) is 0 Å². The Morgan fingerprint density at radius 3 is 2.13 bits per heavy atom. The SMILES string of the molecule is C=CCC(CC(=C=C1CCCCC1)S(=O)(=O)c1ccccc1)(C(=O)OC)C(=O)OC. The molecule has 0 spiro atoms. The van der Waals surface area contributed by atoms with Crippen LogP contribution < -0.4 is 0 Å². The highest BCUT2D eigenvalue weighted by Gasteiger charge is 2.49. The highest BCUT2D eigenvalue weighted by Crippen LogP contribution is 2.38. The van der Waals surface area contributed by atoms with Gasteiger partial charge in [0, 0.05) is 6.42 Å². The molecule has 0 radical (unpaired) electrons. The van der Waals surface area contributed by atoms with Crippen LogP contribution >= 0.6 is 0 Å². The molecule has 0 aliphatic heterocycles. The summed E-state index contributed by atoms with van der Waals surface area (Å²) in [6.07, 6.45) is 5.29. The Bertz CT molecular complexity index is 929. The molecule has 1 aromatic carbocycles. The third kappa shape index (κ3) is 5.10. The maximum absolute atomic E-state index is 13.5. The van der Waals surface area contributed by atoms with Gasteiger partial charge in [0.2, 0.25) is 9.84 Å². The zero-order valence-corrected chi connectivity index (χ0v) is 18.3. The van der Waals surface area contributed by atoms with Gasteiger partial charge in [-0.2, -0.15) is 0 Å². The normalized spacial score (nSPS) is 14.4. The number of sulfone groups is 1. The summed E-state index contributed by atoms with van der Waals surface area (Å²) in [4.78, 5) is 25.4. The average Bonchev–Trinajstić information content (AvgIpc) is 2.78. The van der Waals surface area contributed by atoms with Crippen molar-refractivity contribution in [2.75, 3.05) is 14.2 Å². The molecule has 0 unspecified atom stereocenters. The standard InChI is InChI=1S/C23H28O6S/c1-4-15-23(21(24)28-2,22(25)29-3)17-20(16-18-11-7-5-8-12-18)30(26,27)19-13-9-6-10-14-19/h4,6,9-10,13-14H,1,5,7-8,11-12,15,17H2,2-3H3. The summed E-state index contributed by atoms with van der Waals surface area (Å²) < 4.78 is 36.7. The van der Waals surface area contributed by atoms with Crippen LogP contribution in [-0.2, 0) is 28.9 Å². The number of ether oxygens (including phenoxy) is 2. The Morgan fingerprint density at radius 2 is 1.63 bits per heavy atom. The molecule has 6 nitrogen and oxygen atoms in total. The van der Waals surface area contributed by atoms with Crippen molar-refractivity contribution >= 4 is 21.8 Å². The highest BCUT2D eigenvalue weighted by atomic mass is 32.2. The van der Waals surface area contributed by atoms with Gasteiger partial charge in [0.05, 0.1) is 24.0 Å². The zero-order valence-electron chi connectivity index (χ0n) is 17.5. The molecule has 30 heavy (non-hydrogen) atoms. The van der Waals surface area contributed by atoms with E-state index in [0.717, 1.165) is 51.9 Å². The second-order valence-electron chi connectivity index (χ2n) is 7.26. The molecular formula is C23H28O6S. The average molecular weight is 433 g/mol. The molecule has 1 aromatic rings. The van der Waals surface area contributed by atoms with E-state index in [1.54, 1.807) is 18.2 Å². The van der Waals surface area contributed by atoms with Crippen molar-refractivity contribution in [1.29, 1.82) is 0 Å². The Kier molecular flexibility index (Phi) is 8.21. The Labute approximate surface area is 178 Å². The number of hydrogen-bond donors (Lipinski definition) is 0. The third-order valence-electron chi connectivity index (χ3n) is 5.26. The molecular weight excluding hydrogens is 404 g/mol. The van der Waals surface area contributed by atoms with Crippen molar-refractivity contribution in [3.8, 4) is 0 Å². The van der Waals surface area contributed by atoms with Crippen LogP contribution in [0.1, 0.15) is 44.9 Å². The first-order valence-electron chi connectivity index (χ1n) is 9.87. The maximum Gasteiger partial charge on any atom is 0.323 e. The Balaban J connectivity index is 2.72. The smallest absolute Gasteiger partial charge is 0.323 e. The van der Waals surface area contributed by atoms with E-state index in [2.05, 4.69) is 12.3 Å². The van der Waals surface area contributed by atoms with E-state index >= 15 is 0 Å². The summed E-state index contributed by atoms with van der Waals surface area (Å²) in [5.74, 6) is -1.74. The summed E-state index contributed by atoms with van der Waals surface area (Å²) >= 11 is 0. The number of benzene rings is 1. The van der Waals surface area contributed by atoms with Crippen molar-refractivity contribution in [3.05, 3.63) is 59.2 Å². The fraction of sp³-hybridized carbons (Fsp3) is 0.435. The van der Waals surface area contributed by atoms with Crippen molar-refractivity contribution in [2.45, 2.75) is 49.8 Å². The van der Waals surface area contributed by atoms with E-state index in [1.165, 1.54) is 18.2 Å². The first-order valence-corrected chi connectivity index (χ1v) is 11.4. The molecule has 0 heterocycles. The molecule has 1 saturated carbocycles. The van der Waals surface area contributed by atoms with E-state index in [0.29, 0.717) is 0 Å². The van der Waals surface area contributed by atoms with Crippen molar-refractivity contribution < 1.29 is 27.5 Å². The quantitative estimate of drug-likeness (QED) is 0.266. The fourth-order valence-corrected chi connectivity index (χ4v) is 5.14. The summed E-state index contributed by atoms with van der Waals surface area (Å²) in [7, 11) is -1.70. The van der Waals surface area contributed by atoms with Gasteiger partial charge in [0.15, 0.2) is 5.41 Å². The van der Waals surface area contributed by atoms with E-state index < -0.39 is 33.6 Å². The van der Waals surface area contributed by atoms with Gasteiger partial charge in [0.1, 0.15) is 0 Å². The van der Waals surface area contributed by atoms with Crippen molar-refractivity contribution in [2.24, 2.45) is 5.41 Å². The molecule has 0 saturated heterocycles. The van der Waals surface area contributed by atoms with Crippen LogP contribution in [0.3, 0.4) is 0 Å². The van der Waals surface area contributed by atoms with Crippen LogP contribution in [0.25, 0.3) is 0 Å². The number of rotatable bonds is 8. The molecule has 7 heteroatoms. The first kappa shape index (κ1) is 23.6. The lowest BCUT2D eigenvalue weighted by Crippen LogP contribution is -2.42. The maximum atomic E-state index is 13.5. The zero-order chi connectivity index (χ0) is 22.2. The van der Waals surface area contributed by atoms with E-state index in [9.17, 15) is 18.0 Å². The van der Waals surface area contributed by atoms with E-state index in [4.69, 9.17) is 9.47 Å². The Morgan fingerprint density at radius 1 is 1.07 bits per heavy atom. The predicted molar refractivity (Wildman–Crippen MR) is 113 cm³/mol. The molecule has 2 rings (SSSR count). The summed E-state index contributed by atoms with van der Waals surface area (Å²) in [5, 5.41) is 0. The molecule has 1 aliphatic carbocycles. The van der Waals surface area contributed by atoms with Crippen molar-refractivity contribution in [3.63, 3.8) is 0 Å². The van der Waals surface area contributed by atoms with Gasteiger partial charge in [0.25, 0.3) is 0 Å². The van der Waals surface area contributed by atoms with Gasteiger partial charge < -0.3 is 9.47 Å². The number of hydrogen-bond acceptors (Lipinski definition) is 6. The third-order valence-corrected chi connectivity index (χ3v) is 7.05. The molecule has 0 atom stereocenters. The fourth-order valence-electron chi connectivity index (χ4n) is 3.63. The largest absolute Gasteiger partial charge is 0.468 e. The topological polar surface area (TPSA) is 86.7 Å². The second-order valence-corrected chi connectivity index (χ2v) is 9.23. The van der Waals surface area contributed by atoms with Crippen molar-refractivity contribution in [1.82, 2.24) is 0 Å². The minimum Gasteiger partial charge on any atom is -0.468 e. The van der Waals surface area contributed by atoms with E-state index in [-0.39, 0.29) is 16.2 Å². The summed E-state index contributed by atoms with van der Waals surface area (Å²) in [6.45, 7) is 3.62. The molecule has 0 aromatic heterocycles. The number of carbonyl (C=O) groups is 2. The summed E-state index contributed by atoms with van der Waals surface area (Å²) in [6, 6.07) is 7.92. The Hall–Kier alpha value is -2.63.